The molecule has 0 aliphatic rings. The summed E-state index contributed by atoms with van der Waals surface area (Å²) in [6, 6.07) is 3.49. The predicted octanol–water partition coefficient (Wildman–Crippen LogP) is 0.572. The van der Waals surface area contributed by atoms with E-state index in [-0.39, 0.29) is 13.2 Å². The smallest absolute Gasteiger partial charge is 0.243 e. The average Bonchev–Trinajstić information content (AvgIpc) is 2.84. The fourth-order valence-corrected chi connectivity index (χ4v) is 3.02. The molecule has 0 bridgehead atoms. The van der Waals surface area contributed by atoms with Crippen molar-refractivity contribution in [2.45, 2.75) is 17.9 Å². The van der Waals surface area contributed by atoms with Gasteiger partial charge in [0.15, 0.2) is 0 Å². The standard InChI is InChI=1S/C13H16FN3O3S/c1-17-8-11(7-15-17)4-5-16-21(19,20)13-6-10(9-18)2-3-12(13)14/h2-3,6-8,16,18H,4-5,9H2,1H3. The Bertz CT molecular complexity index is 728. The van der Waals surface area contributed by atoms with E-state index in [0.29, 0.717) is 12.0 Å². The number of benzene rings is 1. The lowest BCUT2D eigenvalue weighted by molar-refractivity contribution is 0.281. The van der Waals surface area contributed by atoms with Gasteiger partial charge in [0.05, 0.1) is 12.8 Å². The van der Waals surface area contributed by atoms with Crippen LogP contribution in [-0.2, 0) is 30.1 Å². The molecule has 0 saturated heterocycles. The molecule has 1 aromatic heterocycles. The number of aryl methyl sites for hydroxylation is 1. The van der Waals surface area contributed by atoms with Crippen LogP contribution in [0.4, 0.5) is 4.39 Å². The quantitative estimate of drug-likeness (QED) is 0.817. The van der Waals surface area contributed by atoms with E-state index >= 15 is 0 Å². The van der Waals surface area contributed by atoms with Gasteiger partial charge in [0, 0.05) is 19.8 Å². The third-order valence-electron chi connectivity index (χ3n) is 2.93. The van der Waals surface area contributed by atoms with Gasteiger partial charge >= 0.3 is 0 Å². The Balaban J connectivity index is 2.07. The Morgan fingerprint density at radius 1 is 1.38 bits per heavy atom. The Hall–Kier alpha value is -1.77. The number of hydrogen-bond donors (Lipinski definition) is 2. The number of nitrogens with zero attached hydrogens (tertiary/aromatic N) is 2. The molecule has 6 nitrogen and oxygen atoms in total. The second-order valence-electron chi connectivity index (χ2n) is 4.59. The van der Waals surface area contributed by atoms with E-state index in [4.69, 9.17) is 5.11 Å². The zero-order valence-corrected chi connectivity index (χ0v) is 12.3. The monoisotopic (exact) mass is 313 g/mol. The summed E-state index contributed by atoms with van der Waals surface area (Å²) < 4.78 is 41.7. The maximum Gasteiger partial charge on any atom is 0.243 e. The lowest BCUT2D eigenvalue weighted by Gasteiger charge is -2.08. The van der Waals surface area contributed by atoms with Crippen LogP contribution in [-0.4, -0.2) is 29.8 Å². The van der Waals surface area contributed by atoms with E-state index in [1.807, 2.05) is 0 Å². The van der Waals surface area contributed by atoms with Gasteiger partial charge in [-0.1, -0.05) is 6.07 Å². The van der Waals surface area contributed by atoms with Crippen molar-refractivity contribution in [3.05, 3.63) is 47.5 Å². The molecule has 8 heteroatoms. The number of sulfonamides is 1. The van der Waals surface area contributed by atoms with Crippen molar-refractivity contribution in [1.82, 2.24) is 14.5 Å². The van der Waals surface area contributed by atoms with Crippen LogP contribution >= 0.6 is 0 Å². The van der Waals surface area contributed by atoms with E-state index in [0.717, 1.165) is 17.7 Å². The first-order chi connectivity index (χ1) is 9.92. The minimum atomic E-state index is -3.95. The minimum Gasteiger partial charge on any atom is -0.392 e. The number of aromatic nitrogens is 2. The molecule has 0 radical (unpaired) electrons. The summed E-state index contributed by atoms with van der Waals surface area (Å²) in [5, 5.41) is 13.0. The van der Waals surface area contributed by atoms with Crippen molar-refractivity contribution < 1.29 is 17.9 Å². The van der Waals surface area contributed by atoms with Gasteiger partial charge in [0.2, 0.25) is 10.0 Å². The lowest BCUT2D eigenvalue weighted by Crippen LogP contribution is -2.27. The van der Waals surface area contributed by atoms with Gasteiger partial charge in [-0.25, -0.2) is 17.5 Å². The third-order valence-corrected chi connectivity index (χ3v) is 4.41. The maximum absolute atomic E-state index is 13.6. The minimum absolute atomic E-state index is 0.136. The summed E-state index contributed by atoms with van der Waals surface area (Å²) in [5.74, 6) is -0.846. The molecule has 1 aromatic carbocycles. The number of aliphatic hydroxyl groups is 1. The molecule has 0 aliphatic heterocycles. The summed E-state index contributed by atoms with van der Waals surface area (Å²) in [7, 11) is -2.18. The first kappa shape index (κ1) is 15.6. The molecule has 2 aromatic rings. The predicted molar refractivity (Wildman–Crippen MR) is 74.4 cm³/mol. The largest absolute Gasteiger partial charge is 0.392 e. The van der Waals surface area contributed by atoms with E-state index in [2.05, 4.69) is 9.82 Å². The summed E-state index contributed by atoms with van der Waals surface area (Å²) >= 11 is 0. The van der Waals surface area contributed by atoms with Gasteiger partial charge in [-0.05, 0) is 29.7 Å². The number of halogens is 1. The zero-order chi connectivity index (χ0) is 15.5. The second kappa shape index (κ2) is 6.33. The van der Waals surface area contributed by atoms with Crippen molar-refractivity contribution in [3.8, 4) is 0 Å². The molecule has 114 valence electrons. The van der Waals surface area contributed by atoms with Crippen molar-refractivity contribution in [1.29, 1.82) is 0 Å². The second-order valence-corrected chi connectivity index (χ2v) is 6.33. The number of aliphatic hydroxyl groups excluding tert-OH is 1. The molecule has 0 spiro atoms. The Morgan fingerprint density at radius 3 is 2.76 bits per heavy atom. The molecule has 0 saturated carbocycles. The molecular weight excluding hydrogens is 297 g/mol. The van der Waals surface area contributed by atoms with Crippen molar-refractivity contribution in [3.63, 3.8) is 0 Å². The highest BCUT2D eigenvalue weighted by Gasteiger charge is 2.19. The van der Waals surface area contributed by atoms with Gasteiger partial charge in [0.1, 0.15) is 10.7 Å². The first-order valence-electron chi connectivity index (χ1n) is 6.29. The van der Waals surface area contributed by atoms with E-state index in [1.54, 1.807) is 24.1 Å². The molecule has 0 fully saturated rings. The average molecular weight is 313 g/mol. The van der Waals surface area contributed by atoms with Crippen LogP contribution < -0.4 is 4.72 Å². The highest BCUT2D eigenvalue weighted by atomic mass is 32.2. The molecule has 0 atom stereocenters. The van der Waals surface area contributed by atoms with Crippen molar-refractivity contribution >= 4 is 10.0 Å². The van der Waals surface area contributed by atoms with Crippen molar-refractivity contribution in [2.24, 2.45) is 7.05 Å². The van der Waals surface area contributed by atoms with Gasteiger partial charge in [-0.3, -0.25) is 4.68 Å². The van der Waals surface area contributed by atoms with Crippen LogP contribution in [0, 0.1) is 5.82 Å². The first-order valence-corrected chi connectivity index (χ1v) is 7.77. The lowest BCUT2D eigenvalue weighted by atomic mass is 10.2. The fraction of sp³-hybridized carbons (Fsp3) is 0.308. The molecule has 2 rings (SSSR count). The molecule has 0 unspecified atom stereocenters. The molecule has 0 aliphatic carbocycles. The zero-order valence-electron chi connectivity index (χ0n) is 11.5. The summed E-state index contributed by atoms with van der Waals surface area (Å²) in [4.78, 5) is -0.458. The molecule has 0 amide bonds. The number of rotatable bonds is 6. The Morgan fingerprint density at radius 2 is 2.14 bits per heavy atom. The molecule has 1 heterocycles. The Kier molecular flexibility index (Phi) is 4.71. The van der Waals surface area contributed by atoms with Crippen LogP contribution in [0.2, 0.25) is 0 Å². The van der Waals surface area contributed by atoms with Crippen LogP contribution in [0.1, 0.15) is 11.1 Å². The van der Waals surface area contributed by atoms with Gasteiger partial charge < -0.3 is 5.11 Å². The SMILES string of the molecule is Cn1cc(CCNS(=O)(=O)c2cc(CO)ccc2F)cn1. The van der Waals surface area contributed by atoms with Gasteiger partial charge in [-0.15, -0.1) is 0 Å². The molecule has 21 heavy (non-hydrogen) atoms. The normalized spacial score (nSPS) is 11.8. The summed E-state index contributed by atoms with van der Waals surface area (Å²) in [6.07, 6.45) is 3.87. The summed E-state index contributed by atoms with van der Waals surface area (Å²) in [5.41, 5.74) is 1.22. The van der Waals surface area contributed by atoms with Crippen LogP contribution in [0.5, 0.6) is 0 Å². The molecule has 2 N–H and O–H groups in total. The van der Waals surface area contributed by atoms with Crippen molar-refractivity contribution in [2.75, 3.05) is 6.54 Å². The van der Waals surface area contributed by atoms with E-state index in [9.17, 15) is 12.8 Å². The third kappa shape index (κ3) is 3.87. The maximum atomic E-state index is 13.6. The fourth-order valence-electron chi connectivity index (χ4n) is 1.86. The number of hydrogen-bond acceptors (Lipinski definition) is 4. The van der Waals surface area contributed by atoms with Gasteiger partial charge in [0.25, 0.3) is 0 Å². The van der Waals surface area contributed by atoms with Crippen LogP contribution in [0.3, 0.4) is 0 Å². The highest BCUT2D eigenvalue weighted by Crippen LogP contribution is 2.16. The topological polar surface area (TPSA) is 84.2 Å². The van der Waals surface area contributed by atoms with Gasteiger partial charge in [-0.2, -0.15) is 5.10 Å². The Labute approximate surface area is 122 Å². The van der Waals surface area contributed by atoms with Crippen LogP contribution in [0.15, 0.2) is 35.5 Å². The van der Waals surface area contributed by atoms with E-state index < -0.39 is 20.7 Å². The highest BCUT2D eigenvalue weighted by molar-refractivity contribution is 7.89. The summed E-state index contributed by atoms with van der Waals surface area (Å²) in [6.45, 7) is -0.213. The molecular formula is C13H16FN3O3S. The van der Waals surface area contributed by atoms with E-state index in [1.165, 1.54) is 6.07 Å². The van der Waals surface area contributed by atoms with Crippen LogP contribution in [0.25, 0.3) is 0 Å². The number of nitrogens with one attached hydrogen (secondary N) is 1.